The van der Waals surface area contributed by atoms with E-state index in [0.717, 1.165) is 49.9 Å². The van der Waals surface area contributed by atoms with E-state index >= 15 is 0 Å². The number of halogens is 1. The van der Waals surface area contributed by atoms with E-state index < -0.39 is 25.1 Å². The van der Waals surface area contributed by atoms with Gasteiger partial charge >= 0.3 is 10.2 Å². The van der Waals surface area contributed by atoms with Crippen LogP contribution in [-0.2, 0) is 20.2 Å². The van der Waals surface area contributed by atoms with Crippen LogP contribution in [0.3, 0.4) is 0 Å². The Bertz CT molecular complexity index is 692. The van der Waals surface area contributed by atoms with Gasteiger partial charge in [-0.2, -0.15) is 12.7 Å². The summed E-state index contributed by atoms with van der Waals surface area (Å²) < 4.78 is 61.0. The Hall–Kier alpha value is -0.990. The van der Waals surface area contributed by atoms with Crippen LogP contribution in [0.25, 0.3) is 0 Å². The van der Waals surface area contributed by atoms with Crippen molar-refractivity contribution in [1.29, 1.82) is 0 Å². The standard InChI is InChI=1S/C13H18FNO4S2/c1-2-15(11-5-3-4-6-11)21(18,19)13-9-7-12(8-10-13)20(14,16)17/h7-11H,2-6H2,1H3. The van der Waals surface area contributed by atoms with Gasteiger partial charge in [0.2, 0.25) is 10.0 Å². The fourth-order valence-electron chi connectivity index (χ4n) is 2.73. The molecule has 5 nitrogen and oxygen atoms in total. The van der Waals surface area contributed by atoms with Crippen molar-refractivity contribution in [3.8, 4) is 0 Å². The Labute approximate surface area is 125 Å². The molecular weight excluding hydrogens is 317 g/mol. The minimum atomic E-state index is -4.81. The van der Waals surface area contributed by atoms with Gasteiger partial charge in [0.15, 0.2) is 0 Å². The lowest BCUT2D eigenvalue weighted by atomic mass is 10.2. The van der Waals surface area contributed by atoms with E-state index in [-0.39, 0.29) is 10.9 Å². The molecule has 0 atom stereocenters. The lowest BCUT2D eigenvalue weighted by Crippen LogP contribution is -2.38. The Morgan fingerprint density at radius 1 is 1.05 bits per heavy atom. The van der Waals surface area contributed by atoms with Gasteiger partial charge < -0.3 is 0 Å². The average molecular weight is 335 g/mol. The largest absolute Gasteiger partial charge is 0.332 e. The summed E-state index contributed by atoms with van der Waals surface area (Å²) in [6, 6.07) is 4.22. The summed E-state index contributed by atoms with van der Waals surface area (Å²) in [6.45, 7) is 2.13. The molecule has 1 aromatic rings. The van der Waals surface area contributed by atoms with E-state index in [9.17, 15) is 20.7 Å². The molecule has 0 spiro atoms. The lowest BCUT2D eigenvalue weighted by molar-refractivity contribution is 0.335. The van der Waals surface area contributed by atoms with Gasteiger partial charge in [-0.05, 0) is 37.1 Å². The van der Waals surface area contributed by atoms with E-state index in [2.05, 4.69) is 0 Å². The second kappa shape index (κ2) is 6.02. The summed E-state index contributed by atoms with van der Waals surface area (Å²) in [6.07, 6.45) is 3.69. The van der Waals surface area contributed by atoms with Crippen LogP contribution in [0, 0.1) is 0 Å². The van der Waals surface area contributed by atoms with Gasteiger partial charge in [-0.3, -0.25) is 0 Å². The highest BCUT2D eigenvalue weighted by molar-refractivity contribution is 7.89. The zero-order valence-corrected chi connectivity index (χ0v) is 13.3. The first-order chi connectivity index (χ1) is 9.76. The van der Waals surface area contributed by atoms with Crippen LogP contribution < -0.4 is 0 Å². The molecule has 0 amide bonds. The quantitative estimate of drug-likeness (QED) is 0.774. The molecule has 1 saturated carbocycles. The first-order valence-electron chi connectivity index (χ1n) is 6.83. The molecule has 0 radical (unpaired) electrons. The van der Waals surface area contributed by atoms with Gasteiger partial charge in [0.05, 0.1) is 9.79 Å². The van der Waals surface area contributed by atoms with Gasteiger partial charge in [0, 0.05) is 12.6 Å². The Morgan fingerprint density at radius 2 is 1.52 bits per heavy atom. The molecule has 1 fully saturated rings. The number of rotatable bonds is 5. The molecule has 21 heavy (non-hydrogen) atoms. The van der Waals surface area contributed by atoms with Crippen LogP contribution in [-0.4, -0.2) is 33.7 Å². The Kier molecular flexibility index (Phi) is 4.69. The summed E-state index contributed by atoms with van der Waals surface area (Å²) in [7, 11) is -8.50. The molecule has 0 aromatic heterocycles. The number of hydrogen-bond donors (Lipinski definition) is 0. The van der Waals surface area contributed by atoms with Crippen LogP contribution in [0.2, 0.25) is 0 Å². The van der Waals surface area contributed by atoms with E-state index in [0.29, 0.717) is 6.54 Å². The maximum Gasteiger partial charge on any atom is 0.332 e. The normalized spacial score (nSPS) is 17.5. The zero-order valence-electron chi connectivity index (χ0n) is 11.7. The lowest BCUT2D eigenvalue weighted by Gasteiger charge is -2.26. The van der Waals surface area contributed by atoms with Crippen LogP contribution in [0.15, 0.2) is 34.1 Å². The predicted molar refractivity (Wildman–Crippen MR) is 76.6 cm³/mol. The highest BCUT2D eigenvalue weighted by Crippen LogP contribution is 2.28. The summed E-state index contributed by atoms with van der Waals surface area (Å²) in [5.74, 6) is 0. The van der Waals surface area contributed by atoms with Crippen molar-refractivity contribution >= 4 is 20.2 Å². The monoisotopic (exact) mass is 335 g/mol. The molecule has 118 valence electrons. The third-order valence-electron chi connectivity index (χ3n) is 3.76. The number of hydrogen-bond acceptors (Lipinski definition) is 4. The fourth-order valence-corrected chi connectivity index (χ4v) is 4.88. The van der Waals surface area contributed by atoms with Crippen molar-refractivity contribution in [3.05, 3.63) is 24.3 Å². The van der Waals surface area contributed by atoms with E-state index in [1.165, 1.54) is 4.31 Å². The van der Waals surface area contributed by atoms with Crippen molar-refractivity contribution in [3.63, 3.8) is 0 Å². The third-order valence-corrected chi connectivity index (χ3v) is 6.63. The van der Waals surface area contributed by atoms with Gasteiger partial charge in [0.25, 0.3) is 0 Å². The maximum absolute atomic E-state index is 12.8. The summed E-state index contributed by atoms with van der Waals surface area (Å²) >= 11 is 0. The maximum atomic E-state index is 12.8. The first-order valence-corrected chi connectivity index (χ1v) is 9.65. The zero-order chi connectivity index (χ0) is 15.7. The van der Waals surface area contributed by atoms with Crippen LogP contribution in [0.1, 0.15) is 32.6 Å². The Balaban J connectivity index is 2.34. The van der Waals surface area contributed by atoms with Gasteiger partial charge in [-0.1, -0.05) is 19.8 Å². The minimum Gasteiger partial charge on any atom is -0.207 e. The second-order valence-corrected chi connectivity index (χ2v) is 8.29. The van der Waals surface area contributed by atoms with Crippen LogP contribution >= 0.6 is 0 Å². The van der Waals surface area contributed by atoms with Gasteiger partial charge in [-0.15, -0.1) is 3.89 Å². The molecule has 0 saturated heterocycles. The third kappa shape index (κ3) is 3.44. The molecule has 0 N–H and O–H groups in total. The van der Waals surface area contributed by atoms with Crippen molar-refractivity contribution in [2.24, 2.45) is 0 Å². The summed E-state index contributed by atoms with van der Waals surface area (Å²) in [5.41, 5.74) is 0. The molecule has 1 aliphatic carbocycles. The topological polar surface area (TPSA) is 71.5 Å². The van der Waals surface area contributed by atoms with Gasteiger partial charge in [0.1, 0.15) is 0 Å². The van der Waals surface area contributed by atoms with E-state index in [1.807, 2.05) is 0 Å². The smallest absolute Gasteiger partial charge is 0.207 e. The fraction of sp³-hybridized carbons (Fsp3) is 0.538. The molecule has 8 heteroatoms. The molecule has 1 aromatic carbocycles. The molecule has 2 rings (SSSR count). The van der Waals surface area contributed by atoms with Crippen molar-refractivity contribution in [1.82, 2.24) is 4.31 Å². The number of nitrogens with zero attached hydrogens (tertiary/aromatic N) is 1. The molecule has 0 unspecified atom stereocenters. The highest BCUT2D eigenvalue weighted by atomic mass is 32.3. The summed E-state index contributed by atoms with van der Waals surface area (Å²) in [4.78, 5) is -0.547. The van der Waals surface area contributed by atoms with Crippen molar-refractivity contribution < 1.29 is 20.7 Å². The average Bonchev–Trinajstić information content (AvgIpc) is 2.92. The molecule has 0 heterocycles. The summed E-state index contributed by atoms with van der Waals surface area (Å²) in [5, 5.41) is 0. The SMILES string of the molecule is CCN(C1CCCC1)S(=O)(=O)c1ccc(S(=O)(=O)F)cc1. The van der Waals surface area contributed by atoms with Crippen molar-refractivity contribution in [2.75, 3.05) is 6.54 Å². The highest BCUT2D eigenvalue weighted by Gasteiger charge is 2.32. The Morgan fingerprint density at radius 3 is 1.95 bits per heavy atom. The predicted octanol–water partition coefficient (Wildman–Crippen LogP) is 2.30. The first kappa shape index (κ1) is 16.4. The number of sulfonamides is 1. The second-order valence-electron chi connectivity index (χ2n) is 5.06. The van der Waals surface area contributed by atoms with E-state index in [4.69, 9.17) is 0 Å². The molecular formula is C13H18FNO4S2. The molecule has 1 aliphatic rings. The number of benzene rings is 1. The molecule has 0 bridgehead atoms. The van der Waals surface area contributed by atoms with Gasteiger partial charge in [-0.25, -0.2) is 8.42 Å². The van der Waals surface area contributed by atoms with Crippen LogP contribution in [0.5, 0.6) is 0 Å². The minimum absolute atomic E-state index is 0.00964. The van der Waals surface area contributed by atoms with Crippen LogP contribution in [0.4, 0.5) is 3.89 Å². The van der Waals surface area contributed by atoms with E-state index in [1.54, 1.807) is 6.92 Å². The molecule has 0 aliphatic heterocycles. The van der Waals surface area contributed by atoms with Crippen molar-refractivity contribution in [2.45, 2.75) is 48.4 Å².